The lowest BCUT2D eigenvalue weighted by Gasteiger charge is -2.05. The number of carboxylic acid groups (broad SMARTS) is 1. The molecule has 0 amide bonds. The van der Waals surface area contributed by atoms with Crippen molar-refractivity contribution in [3.8, 4) is 0 Å². The van der Waals surface area contributed by atoms with E-state index in [1.54, 1.807) is 12.1 Å². The third-order valence-electron chi connectivity index (χ3n) is 1.74. The van der Waals surface area contributed by atoms with E-state index in [-0.39, 0.29) is 6.42 Å². The zero-order valence-electron chi connectivity index (χ0n) is 7.14. The summed E-state index contributed by atoms with van der Waals surface area (Å²) in [5.74, 6) is -0.350. The van der Waals surface area contributed by atoms with Gasteiger partial charge in [-0.05, 0) is 25.0 Å². The van der Waals surface area contributed by atoms with Crippen molar-refractivity contribution in [1.82, 2.24) is 0 Å². The molecule has 1 heterocycles. The molecule has 1 unspecified atom stereocenters. The van der Waals surface area contributed by atoms with Crippen LogP contribution in [-0.2, 0) is 4.79 Å². The first-order chi connectivity index (χ1) is 6.20. The van der Waals surface area contributed by atoms with Gasteiger partial charge in [0.25, 0.3) is 0 Å². The smallest absolute Gasteiger partial charge is 0.303 e. The van der Waals surface area contributed by atoms with Crippen LogP contribution in [-0.4, -0.2) is 16.2 Å². The third kappa shape index (κ3) is 3.29. The molecular weight excluding hydrogens is 172 g/mol. The molecule has 0 saturated carbocycles. The molecule has 0 saturated heterocycles. The second-order valence-electron chi connectivity index (χ2n) is 2.82. The Morgan fingerprint density at radius 3 is 2.92 bits per heavy atom. The van der Waals surface area contributed by atoms with Crippen LogP contribution in [0.25, 0.3) is 0 Å². The van der Waals surface area contributed by atoms with E-state index in [1.807, 2.05) is 0 Å². The number of aliphatic carboxylic acids is 1. The van der Waals surface area contributed by atoms with E-state index in [2.05, 4.69) is 0 Å². The minimum Gasteiger partial charge on any atom is -0.481 e. The van der Waals surface area contributed by atoms with Crippen molar-refractivity contribution in [2.24, 2.45) is 0 Å². The summed E-state index contributed by atoms with van der Waals surface area (Å²) in [5, 5.41) is 17.8. The van der Waals surface area contributed by atoms with Gasteiger partial charge in [0.2, 0.25) is 0 Å². The Bertz CT molecular complexity index is 253. The minimum atomic E-state index is -0.841. The van der Waals surface area contributed by atoms with Crippen LogP contribution in [0.5, 0.6) is 0 Å². The average molecular weight is 184 g/mol. The lowest BCUT2D eigenvalue weighted by Crippen LogP contribution is -1.99. The Morgan fingerprint density at radius 1 is 1.62 bits per heavy atom. The van der Waals surface area contributed by atoms with Gasteiger partial charge in [-0.15, -0.1) is 0 Å². The van der Waals surface area contributed by atoms with Crippen molar-refractivity contribution in [2.75, 3.05) is 0 Å². The fourth-order valence-corrected chi connectivity index (χ4v) is 1.07. The van der Waals surface area contributed by atoms with Gasteiger partial charge < -0.3 is 14.6 Å². The Morgan fingerprint density at radius 2 is 2.38 bits per heavy atom. The highest BCUT2D eigenvalue weighted by atomic mass is 16.4. The molecule has 4 heteroatoms. The quantitative estimate of drug-likeness (QED) is 0.728. The van der Waals surface area contributed by atoms with E-state index < -0.39 is 12.1 Å². The maximum atomic E-state index is 10.2. The standard InChI is InChI=1S/C9H12O4/c10-7(3-1-5-9(11)12)8-4-2-6-13-8/h2,4,6-7,10H,1,3,5H2,(H,11,12). The number of aliphatic hydroxyl groups is 1. The van der Waals surface area contributed by atoms with E-state index in [9.17, 15) is 9.90 Å². The summed E-state index contributed by atoms with van der Waals surface area (Å²) in [6.45, 7) is 0. The first-order valence-electron chi connectivity index (χ1n) is 4.13. The Labute approximate surface area is 75.8 Å². The number of rotatable bonds is 5. The van der Waals surface area contributed by atoms with Gasteiger partial charge in [-0.2, -0.15) is 0 Å². The first kappa shape index (κ1) is 9.80. The zero-order valence-corrected chi connectivity index (χ0v) is 7.14. The van der Waals surface area contributed by atoms with E-state index in [0.717, 1.165) is 0 Å². The molecule has 1 rings (SSSR count). The van der Waals surface area contributed by atoms with Crippen LogP contribution in [0.15, 0.2) is 22.8 Å². The van der Waals surface area contributed by atoms with Crippen molar-refractivity contribution in [3.05, 3.63) is 24.2 Å². The van der Waals surface area contributed by atoms with Crippen LogP contribution in [0.1, 0.15) is 31.1 Å². The fraction of sp³-hybridized carbons (Fsp3) is 0.444. The molecule has 0 aliphatic carbocycles. The van der Waals surface area contributed by atoms with Crippen LogP contribution < -0.4 is 0 Å². The summed E-state index contributed by atoms with van der Waals surface area (Å²) in [6.07, 6.45) is 1.75. The van der Waals surface area contributed by atoms with E-state index in [0.29, 0.717) is 18.6 Å². The highest BCUT2D eigenvalue weighted by Gasteiger charge is 2.10. The predicted octanol–water partition coefficient (Wildman–Crippen LogP) is 1.57. The lowest BCUT2D eigenvalue weighted by molar-refractivity contribution is -0.137. The lowest BCUT2D eigenvalue weighted by atomic mass is 10.1. The molecule has 13 heavy (non-hydrogen) atoms. The number of carbonyl (C=O) groups is 1. The number of hydrogen-bond donors (Lipinski definition) is 2. The van der Waals surface area contributed by atoms with E-state index >= 15 is 0 Å². The van der Waals surface area contributed by atoms with E-state index in [1.165, 1.54) is 6.26 Å². The van der Waals surface area contributed by atoms with Gasteiger partial charge in [-0.3, -0.25) is 4.79 Å². The van der Waals surface area contributed by atoms with Gasteiger partial charge in [0, 0.05) is 6.42 Å². The van der Waals surface area contributed by atoms with Crippen molar-refractivity contribution in [2.45, 2.75) is 25.4 Å². The normalized spacial score (nSPS) is 12.7. The van der Waals surface area contributed by atoms with Crippen LogP contribution >= 0.6 is 0 Å². The highest BCUT2D eigenvalue weighted by Crippen LogP contribution is 2.18. The molecule has 0 fully saturated rings. The number of hydrogen-bond acceptors (Lipinski definition) is 3. The number of carboxylic acids is 1. The summed E-state index contributed by atoms with van der Waals surface area (Å²) in [5.41, 5.74) is 0. The van der Waals surface area contributed by atoms with Gasteiger partial charge in [0.1, 0.15) is 11.9 Å². The molecule has 72 valence electrons. The summed E-state index contributed by atoms with van der Waals surface area (Å²) in [7, 11) is 0. The van der Waals surface area contributed by atoms with Crippen molar-refractivity contribution in [1.29, 1.82) is 0 Å². The molecule has 1 aromatic heterocycles. The Hall–Kier alpha value is -1.29. The van der Waals surface area contributed by atoms with Crippen LogP contribution in [0.4, 0.5) is 0 Å². The maximum absolute atomic E-state index is 10.2. The van der Waals surface area contributed by atoms with Gasteiger partial charge >= 0.3 is 5.97 Å². The van der Waals surface area contributed by atoms with Gasteiger partial charge in [-0.1, -0.05) is 0 Å². The maximum Gasteiger partial charge on any atom is 0.303 e. The zero-order chi connectivity index (χ0) is 9.68. The molecule has 0 radical (unpaired) electrons. The van der Waals surface area contributed by atoms with Crippen LogP contribution in [0.2, 0.25) is 0 Å². The van der Waals surface area contributed by atoms with Crippen molar-refractivity contribution < 1.29 is 19.4 Å². The Kier molecular flexibility index (Phi) is 3.52. The second-order valence-corrected chi connectivity index (χ2v) is 2.82. The molecule has 1 aromatic rings. The number of aliphatic hydroxyl groups excluding tert-OH is 1. The SMILES string of the molecule is O=C(O)CCCC(O)c1ccco1. The summed E-state index contributed by atoms with van der Waals surface area (Å²) in [6, 6.07) is 3.36. The monoisotopic (exact) mass is 184 g/mol. The van der Waals surface area contributed by atoms with E-state index in [4.69, 9.17) is 9.52 Å². The molecule has 0 aliphatic heterocycles. The fourth-order valence-electron chi connectivity index (χ4n) is 1.07. The van der Waals surface area contributed by atoms with Gasteiger partial charge in [0.05, 0.1) is 6.26 Å². The topological polar surface area (TPSA) is 70.7 Å². The summed E-state index contributed by atoms with van der Waals surface area (Å²) in [4.78, 5) is 10.2. The average Bonchev–Trinajstić information content (AvgIpc) is 2.55. The van der Waals surface area contributed by atoms with Crippen LogP contribution in [0, 0.1) is 0 Å². The molecule has 0 aromatic carbocycles. The molecule has 2 N–H and O–H groups in total. The molecule has 4 nitrogen and oxygen atoms in total. The highest BCUT2D eigenvalue weighted by molar-refractivity contribution is 5.66. The number of furan rings is 1. The predicted molar refractivity (Wildman–Crippen MR) is 45.2 cm³/mol. The molecule has 0 spiro atoms. The third-order valence-corrected chi connectivity index (χ3v) is 1.74. The van der Waals surface area contributed by atoms with Crippen molar-refractivity contribution >= 4 is 5.97 Å². The summed E-state index contributed by atoms with van der Waals surface area (Å²) >= 11 is 0. The summed E-state index contributed by atoms with van der Waals surface area (Å²) < 4.78 is 4.96. The van der Waals surface area contributed by atoms with Gasteiger partial charge in [-0.25, -0.2) is 0 Å². The molecular formula is C9H12O4. The van der Waals surface area contributed by atoms with Crippen LogP contribution in [0.3, 0.4) is 0 Å². The Balaban J connectivity index is 2.26. The van der Waals surface area contributed by atoms with Crippen molar-refractivity contribution in [3.63, 3.8) is 0 Å². The molecule has 0 aliphatic rings. The van der Waals surface area contributed by atoms with Gasteiger partial charge in [0.15, 0.2) is 0 Å². The molecule has 0 bridgehead atoms. The second kappa shape index (κ2) is 4.67. The first-order valence-corrected chi connectivity index (χ1v) is 4.13. The minimum absolute atomic E-state index is 0.0811. The molecule has 1 atom stereocenters. The largest absolute Gasteiger partial charge is 0.481 e.